The van der Waals surface area contributed by atoms with E-state index >= 15 is 0 Å². The van der Waals surface area contributed by atoms with E-state index in [1.165, 1.54) is 10.9 Å². The molecule has 2 rings (SSSR count). The summed E-state index contributed by atoms with van der Waals surface area (Å²) in [6, 6.07) is 7.11. The first-order chi connectivity index (χ1) is 9.08. The van der Waals surface area contributed by atoms with E-state index in [1.807, 2.05) is 11.4 Å². The Balaban J connectivity index is 2.00. The molecule has 100 valence electrons. The molecule has 4 nitrogen and oxygen atoms in total. The van der Waals surface area contributed by atoms with Crippen molar-refractivity contribution in [1.29, 1.82) is 0 Å². The van der Waals surface area contributed by atoms with Gasteiger partial charge in [-0.1, -0.05) is 12.1 Å². The Kier molecular flexibility index (Phi) is 5.09. The Morgan fingerprint density at radius 1 is 1.32 bits per heavy atom. The summed E-state index contributed by atoms with van der Waals surface area (Å²) in [6.07, 6.45) is 0. The van der Waals surface area contributed by atoms with E-state index in [0.29, 0.717) is 11.0 Å². The lowest BCUT2D eigenvalue weighted by Gasteiger charge is -2.06. The summed E-state index contributed by atoms with van der Waals surface area (Å²) >= 11 is 8.36. The molecule has 0 radical (unpaired) electrons. The minimum absolute atomic E-state index is 0.0955. The van der Waals surface area contributed by atoms with Gasteiger partial charge < -0.3 is 5.32 Å². The molecule has 1 N–H and O–H groups in total. The molecule has 1 aromatic carbocycles. The zero-order valence-electron chi connectivity index (χ0n) is 9.73. The summed E-state index contributed by atoms with van der Waals surface area (Å²) in [6.45, 7) is 1.32. The van der Waals surface area contributed by atoms with Crippen molar-refractivity contribution in [3.8, 4) is 0 Å². The van der Waals surface area contributed by atoms with Crippen LogP contribution in [-0.4, -0.2) is 4.92 Å². The van der Waals surface area contributed by atoms with Crippen LogP contribution in [0.4, 0.5) is 5.69 Å². The number of nitro benzene ring substituents is 1. The predicted molar refractivity (Wildman–Crippen MR) is 83.4 cm³/mol. The maximum atomic E-state index is 10.8. The molecule has 1 aromatic heterocycles. The van der Waals surface area contributed by atoms with Gasteiger partial charge in [0, 0.05) is 33.9 Å². The van der Waals surface area contributed by atoms with Crippen LogP contribution in [0.5, 0.6) is 0 Å². The lowest BCUT2D eigenvalue weighted by Crippen LogP contribution is -2.12. The van der Waals surface area contributed by atoms with Crippen LogP contribution in [0.3, 0.4) is 0 Å². The third kappa shape index (κ3) is 3.85. The number of hydrogen-bond acceptors (Lipinski definition) is 4. The second kappa shape index (κ2) is 6.60. The molecule has 0 aliphatic rings. The number of rotatable bonds is 5. The Hall–Kier alpha value is -0.760. The fourth-order valence-electron chi connectivity index (χ4n) is 1.61. The summed E-state index contributed by atoms with van der Waals surface area (Å²) in [5.41, 5.74) is 0.975. The van der Waals surface area contributed by atoms with Crippen molar-refractivity contribution in [3.63, 3.8) is 0 Å². The van der Waals surface area contributed by atoms with Crippen molar-refractivity contribution in [1.82, 2.24) is 5.32 Å². The molecule has 0 saturated carbocycles. The number of thiophene rings is 1. The smallest absolute Gasteiger partial charge is 0.283 e. The predicted octanol–water partition coefficient (Wildman–Crippen LogP) is 4.47. The molecule has 7 heteroatoms. The molecule has 0 atom stereocenters. The molecule has 1 heterocycles. The van der Waals surface area contributed by atoms with Gasteiger partial charge in [0.1, 0.15) is 0 Å². The molecular weight excluding hydrogens is 396 g/mol. The van der Waals surface area contributed by atoms with Gasteiger partial charge in [-0.2, -0.15) is 0 Å². The summed E-state index contributed by atoms with van der Waals surface area (Å²) in [4.78, 5) is 11.7. The van der Waals surface area contributed by atoms with E-state index in [2.05, 4.69) is 43.2 Å². The van der Waals surface area contributed by atoms with Crippen LogP contribution in [0.25, 0.3) is 0 Å². The lowest BCUT2D eigenvalue weighted by atomic mass is 10.2. The average Bonchev–Trinajstić information content (AvgIpc) is 2.77. The SMILES string of the molecule is O=[N+]([O-])c1cccc(CNCc2cc(Br)cs2)c1Br. The van der Waals surface area contributed by atoms with Gasteiger partial charge in [-0.15, -0.1) is 11.3 Å². The third-order valence-corrected chi connectivity index (χ3v) is 5.10. The minimum atomic E-state index is -0.385. The number of benzene rings is 1. The molecule has 19 heavy (non-hydrogen) atoms. The zero-order valence-corrected chi connectivity index (χ0v) is 13.7. The van der Waals surface area contributed by atoms with E-state index in [-0.39, 0.29) is 10.6 Å². The van der Waals surface area contributed by atoms with Gasteiger partial charge in [0.15, 0.2) is 0 Å². The number of nitro groups is 1. The highest BCUT2D eigenvalue weighted by Gasteiger charge is 2.14. The Bertz CT molecular complexity index is 601. The molecule has 2 aromatic rings. The quantitative estimate of drug-likeness (QED) is 0.589. The summed E-state index contributed by atoms with van der Waals surface area (Å²) in [5.74, 6) is 0. The van der Waals surface area contributed by atoms with Gasteiger partial charge in [0.05, 0.1) is 9.40 Å². The van der Waals surface area contributed by atoms with Crippen LogP contribution in [0.15, 0.2) is 38.6 Å². The van der Waals surface area contributed by atoms with Gasteiger partial charge in [0.2, 0.25) is 0 Å². The van der Waals surface area contributed by atoms with E-state index < -0.39 is 0 Å². The molecular formula is C12H10Br2N2O2S. The molecule has 0 saturated heterocycles. The zero-order chi connectivity index (χ0) is 13.8. The highest BCUT2D eigenvalue weighted by atomic mass is 79.9. The van der Waals surface area contributed by atoms with E-state index in [4.69, 9.17) is 0 Å². The number of nitrogens with zero attached hydrogens (tertiary/aromatic N) is 1. The van der Waals surface area contributed by atoms with Gasteiger partial charge >= 0.3 is 0 Å². The van der Waals surface area contributed by atoms with Crippen LogP contribution >= 0.6 is 43.2 Å². The molecule has 0 fully saturated rings. The van der Waals surface area contributed by atoms with Crippen molar-refractivity contribution in [2.45, 2.75) is 13.1 Å². The van der Waals surface area contributed by atoms with Crippen molar-refractivity contribution < 1.29 is 4.92 Å². The second-order valence-corrected chi connectivity index (χ2v) is 6.55. The van der Waals surface area contributed by atoms with Crippen LogP contribution in [0, 0.1) is 10.1 Å². The van der Waals surface area contributed by atoms with Crippen molar-refractivity contribution in [2.75, 3.05) is 0 Å². The summed E-state index contributed by atoms with van der Waals surface area (Å²) < 4.78 is 1.62. The third-order valence-electron chi connectivity index (χ3n) is 2.49. The number of nitrogens with one attached hydrogen (secondary N) is 1. The fraction of sp³-hybridized carbons (Fsp3) is 0.167. The van der Waals surface area contributed by atoms with Crippen molar-refractivity contribution in [3.05, 3.63) is 59.1 Å². The Labute approximate surface area is 131 Å². The Morgan fingerprint density at radius 3 is 2.74 bits per heavy atom. The highest BCUT2D eigenvalue weighted by Crippen LogP contribution is 2.28. The van der Waals surface area contributed by atoms with E-state index in [9.17, 15) is 10.1 Å². The molecule has 0 unspecified atom stereocenters. The van der Waals surface area contributed by atoms with Crippen molar-refractivity contribution in [2.24, 2.45) is 0 Å². The van der Waals surface area contributed by atoms with Gasteiger partial charge in [-0.3, -0.25) is 10.1 Å². The standard InChI is InChI=1S/C12H10Br2N2O2S/c13-9-4-10(19-7-9)6-15-5-8-2-1-3-11(12(8)14)16(17)18/h1-4,7,15H,5-6H2. The maximum absolute atomic E-state index is 10.8. The second-order valence-electron chi connectivity index (χ2n) is 3.84. The van der Waals surface area contributed by atoms with Crippen LogP contribution in [0.1, 0.15) is 10.4 Å². The molecule has 0 spiro atoms. The van der Waals surface area contributed by atoms with E-state index in [1.54, 1.807) is 17.4 Å². The number of halogens is 2. The van der Waals surface area contributed by atoms with Crippen LogP contribution < -0.4 is 5.32 Å². The van der Waals surface area contributed by atoms with Gasteiger partial charge in [-0.05, 0) is 43.5 Å². The molecule has 0 aliphatic carbocycles. The Morgan fingerprint density at radius 2 is 2.11 bits per heavy atom. The average molecular weight is 406 g/mol. The lowest BCUT2D eigenvalue weighted by molar-refractivity contribution is -0.385. The molecule has 0 bridgehead atoms. The maximum Gasteiger partial charge on any atom is 0.283 e. The largest absolute Gasteiger partial charge is 0.308 e. The van der Waals surface area contributed by atoms with E-state index in [0.717, 1.165) is 16.6 Å². The molecule has 0 aliphatic heterocycles. The van der Waals surface area contributed by atoms with Gasteiger partial charge in [0.25, 0.3) is 5.69 Å². The monoisotopic (exact) mass is 404 g/mol. The minimum Gasteiger partial charge on any atom is -0.308 e. The van der Waals surface area contributed by atoms with Gasteiger partial charge in [-0.25, -0.2) is 0 Å². The first-order valence-corrected chi connectivity index (χ1v) is 7.90. The first-order valence-electron chi connectivity index (χ1n) is 5.43. The summed E-state index contributed by atoms with van der Waals surface area (Å²) in [7, 11) is 0. The van der Waals surface area contributed by atoms with Crippen LogP contribution in [-0.2, 0) is 13.1 Å². The fourth-order valence-corrected chi connectivity index (χ4v) is 3.58. The topological polar surface area (TPSA) is 55.2 Å². The van der Waals surface area contributed by atoms with Crippen LogP contribution in [0.2, 0.25) is 0 Å². The van der Waals surface area contributed by atoms with Crippen molar-refractivity contribution >= 4 is 48.9 Å². The summed E-state index contributed by atoms with van der Waals surface area (Å²) in [5, 5.41) is 16.1. The number of hydrogen-bond donors (Lipinski definition) is 1. The highest BCUT2D eigenvalue weighted by molar-refractivity contribution is 9.11. The molecule has 0 amide bonds. The normalized spacial score (nSPS) is 10.6. The first kappa shape index (κ1) is 14.6.